The molecule has 0 aliphatic heterocycles. The number of amides is 1. The first kappa shape index (κ1) is 18.1. The number of rotatable bonds is 8. The molecule has 0 aliphatic rings. The maximum atomic E-state index is 12.4. The monoisotopic (exact) mass is 325 g/mol. The van der Waals surface area contributed by atoms with Crippen molar-refractivity contribution in [3.63, 3.8) is 0 Å². The quantitative estimate of drug-likeness (QED) is 0.738. The lowest BCUT2D eigenvalue weighted by Crippen LogP contribution is -2.38. The molecular formula is C21H27NO2. The van der Waals surface area contributed by atoms with Crippen LogP contribution in [0.4, 0.5) is 0 Å². The van der Waals surface area contributed by atoms with E-state index < -0.39 is 6.10 Å². The Morgan fingerprint density at radius 1 is 1.12 bits per heavy atom. The van der Waals surface area contributed by atoms with Crippen LogP contribution in [0.25, 0.3) is 0 Å². The van der Waals surface area contributed by atoms with Gasteiger partial charge in [0.25, 0.3) is 5.91 Å². The van der Waals surface area contributed by atoms with Gasteiger partial charge in [0.15, 0.2) is 6.10 Å². The normalized spacial score (nSPS) is 11.8. The molecule has 0 aromatic heterocycles. The number of ether oxygens (including phenoxy) is 1. The van der Waals surface area contributed by atoms with Gasteiger partial charge < -0.3 is 10.1 Å². The second-order valence-corrected chi connectivity index (χ2v) is 6.16. The van der Waals surface area contributed by atoms with Crippen molar-refractivity contribution in [3.05, 3.63) is 65.2 Å². The maximum Gasteiger partial charge on any atom is 0.261 e. The van der Waals surface area contributed by atoms with Crippen LogP contribution >= 0.6 is 0 Å². The van der Waals surface area contributed by atoms with Gasteiger partial charge in [-0.1, -0.05) is 49.4 Å². The van der Waals surface area contributed by atoms with E-state index in [1.165, 1.54) is 5.56 Å². The molecule has 0 bridgehead atoms. The zero-order valence-corrected chi connectivity index (χ0v) is 14.8. The molecule has 2 aromatic carbocycles. The predicted octanol–water partition coefficient (Wildman–Crippen LogP) is 4.21. The largest absolute Gasteiger partial charge is 0.480 e. The van der Waals surface area contributed by atoms with Crippen molar-refractivity contribution >= 4 is 5.91 Å². The van der Waals surface area contributed by atoms with Crippen LogP contribution in [0, 0.1) is 13.8 Å². The molecule has 0 unspecified atom stereocenters. The van der Waals surface area contributed by atoms with Crippen molar-refractivity contribution in [2.24, 2.45) is 0 Å². The van der Waals surface area contributed by atoms with Crippen molar-refractivity contribution in [2.75, 3.05) is 6.54 Å². The minimum absolute atomic E-state index is 0.0357. The molecule has 1 atom stereocenters. The molecule has 0 aliphatic carbocycles. The molecule has 24 heavy (non-hydrogen) atoms. The average molecular weight is 325 g/mol. The lowest BCUT2D eigenvalue weighted by Gasteiger charge is -2.19. The van der Waals surface area contributed by atoms with Crippen LogP contribution in [0.1, 0.15) is 36.5 Å². The number of carbonyl (C=O) groups is 1. The van der Waals surface area contributed by atoms with E-state index in [1.807, 2.05) is 57.2 Å². The maximum absolute atomic E-state index is 12.4. The third-order valence-electron chi connectivity index (χ3n) is 4.06. The van der Waals surface area contributed by atoms with E-state index in [1.54, 1.807) is 0 Å². The first-order chi connectivity index (χ1) is 11.6. The smallest absolute Gasteiger partial charge is 0.261 e. The van der Waals surface area contributed by atoms with Gasteiger partial charge in [0.1, 0.15) is 5.75 Å². The van der Waals surface area contributed by atoms with Crippen LogP contribution in [-0.2, 0) is 11.2 Å². The molecule has 0 saturated heterocycles. The van der Waals surface area contributed by atoms with E-state index in [-0.39, 0.29) is 5.91 Å². The molecule has 0 fully saturated rings. The zero-order chi connectivity index (χ0) is 17.4. The number of carbonyl (C=O) groups excluding carboxylic acids is 1. The van der Waals surface area contributed by atoms with E-state index in [4.69, 9.17) is 4.74 Å². The van der Waals surface area contributed by atoms with Crippen LogP contribution in [-0.4, -0.2) is 18.6 Å². The van der Waals surface area contributed by atoms with Crippen molar-refractivity contribution < 1.29 is 9.53 Å². The Kier molecular flexibility index (Phi) is 6.86. The summed E-state index contributed by atoms with van der Waals surface area (Å²) in [6.45, 7) is 6.66. The number of hydrogen-bond donors (Lipinski definition) is 1. The van der Waals surface area contributed by atoms with E-state index in [9.17, 15) is 4.79 Å². The summed E-state index contributed by atoms with van der Waals surface area (Å²) < 4.78 is 5.94. The van der Waals surface area contributed by atoms with Crippen LogP contribution in [0.2, 0.25) is 0 Å². The molecule has 2 aromatic rings. The third-order valence-corrected chi connectivity index (χ3v) is 4.06. The summed E-state index contributed by atoms with van der Waals surface area (Å²) in [6.07, 6.45) is 2.10. The summed E-state index contributed by atoms with van der Waals surface area (Å²) in [7, 11) is 0. The van der Waals surface area contributed by atoms with E-state index in [0.717, 1.165) is 29.7 Å². The number of aryl methyl sites for hydroxylation is 3. The Bertz CT molecular complexity index is 652. The van der Waals surface area contributed by atoms with Crippen molar-refractivity contribution in [2.45, 2.75) is 46.1 Å². The Morgan fingerprint density at radius 3 is 2.58 bits per heavy atom. The fourth-order valence-corrected chi connectivity index (χ4v) is 2.57. The Hall–Kier alpha value is -2.29. The molecule has 1 N–H and O–H groups in total. The summed E-state index contributed by atoms with van der Waals surface area (Å²) in [5.74, 6) is 0.757. The summed E-state index contributed by atoms with van der Waals surface area (Å²) in [5, 5.41) is 2.99. The molecule has 3 heteroatoms. The molecule has 0 spiro atoms. The molecule has 2 rings (SSSR count). The zero-order valence-electron chi connectivity index (χ0n) is 14.8. The van der Waals surface area contributed by atoms with E-state index >= 15 is 0 Å². The second kappa shape index (κ2) is 9.11. The van der Waals surface area contributed by atoms with Crippen molar-refractivity contribution in [3.8, 4) is 5.75 Å². The topological polar surface area (TPSA) is 38.3 Å². The van der Waals surface area contributed by atoms with Crippen molar-refractivity contribution in [1.29, 1.82) is 0 Å². The lowest BCUT2D eigenvalue weighted by molar-refractivity contribution is -0.128. The van der Waals surface area contributed by atoms with Gasteiger partial charge in [-0.3, -0.25) is 4.79 Å². The highest BCUT2D eigenvalue weighted by Gasteiger charge is 2.18. The summed E-state index contributed by atoms with van der Waals surface area (Å²) in [6, 6.07) is 16.4. The van der Waals surface area contributed by atoms with Gasteiger partial charge in [-0.05, 0) is 55.9 Å². The molecule has 0 heterocycles. The van der Waals surface area contributed by atoms with Crippen LogP contribution in [0.5, 0.6) is 5.75 Å². The molecule has 0 radical (unpaired) electrons. The fourth-order valence-electron chi connectivity index (χ4n) is 2.57. The van der Waals surface area contributed by atoms with Gasteiger partial charge in [0, 0.05) is 6.54 Å². The standard InChI is InChI=1S/C21H27NO2/c1-4-19(24-20-15-16(2)12-13-17(20)3)21(23)22-14-8-11-18-9-6-5-7-10-18/h5-7,9-10,12-13,15,19H,4,8,11,14H2,1-3H3,(H,22,23)/t19-/m0/s1. The lowest BCUT2D eigenvalue weighted by atomic mass is 10.1. The van der Waals surface area contributed by atoms with Gasteiger partial charge >= 0.3 is 0 Å². The highest BCUT2D eigenvalue weighted by atomic mass is 16.5. The average Bonchev–Trinajstić information content (AvgIpc) is 2.60. The number of nitrogens with one attached hydrogen (secondary N) is 1. The first-order valence-corrected chi connectivity index (χ1v) is 8.65. The molecule has 128 valence electrons. The fraction of sp³-hybridized carbons (Fsp3) is 0.381. The summed E-state index contributed by atoms with van der Waals surface area (Å²) in [4.78, 5) is 12.4. The van der Waals surface area contributed by atoms with E-state index in [0.29, 0.717) is 13.0 Å². The SMILES string of the molecule is CC[C@H](Oc1cc(C)ccc1C)C(=O)NCCCc1ccccc1. The van der Waals surface area contributed by atoms with Gasteiger partial charge in [-0.2, -0.15) is 0 Å². The highest BCUT2D eigenvalue weighted by Crippen LogP contribution is 2.21. The van der Waals surface area contributed by atoms with Gasteiger partial charge in [-0.15, -0.1) is 0 Å². The van der Waals surface area contributed by atoms with Crippen molar-refractivity contribution in [1.82, 2.24) is 5.32 Å². The first-order valence-electron chi connectivity index (χ1n) is 8.65. The minimum Gasteiger partial charge on any atom is -0.480 e. The van der Waals surface area contributed by atoms with Crippen LogP contribution in [0.15, 0.2) is 48.5 Å². The van der Waals surface area contributed by atoms with Gasteiger partial charge in [-0.25, -0.2) is 0 Å². The Labute approximate surface area is 145 Å². The van der Waals surface area contributed by atoms with Gasteiger partial charge in [0.2, 0.25) is 0 Å². The number of hydrogen-bond acceptors (Lipinski definition) is 2. The van der Waals surface area contributed by atoms with Gasteiger partial charge in [0.05, 0.1) is 0 Å². The van der Waals surface area contributed by atoms with Crippen LogP contribution in [0.3, 0.4) is 0 Å². The highest BCUT2D eigenvalue weighted by molar-refractivity contribution is 5.81. The third kappa shape index (κ3) is 5.41. The predicted molar refractivity (Wildman–Crippen MR) is 98.4 cm³/mol. The second-order valence-electron chi connectivity index (χ2n) is 6.16. The number of benzene rings is 2. The van der Waals surface area contributed by atoms with Crippen LogP contribution < -0.4 is 10.1 Å². The molecule has 3 nitrogen and oxygen atoms in total. The Morgan fingerprint density at radius 2 is 1.88 bits per heavy atom. The molecular weight excluding hydrogens is 298 g/mol. The Balaban J connectivity index is 1.81. The molecule has 0 saturated carbocycles. The molecule has 1 amide bonds. The summed E-state index contributed by atoms with van der Waals surface area (Å²) >= 11 is 0. The van der Waals surface area contributed by atoms with E-state index in [2.05, 4.69) is 17.4 Å². The summed E-state index contributed by atoms with van der Waals surface area (Å²) in [5.41, 5.74) is 3.48. The minimum atomic E-state index is -0.442.